The van der Waals surface area contributed by atoms with Gasteiger partial charge >= 0.3 is 26.0 Å². The lowest BCUT2D eigenvalue weighted by atomic mass is 10.3. The van der Waals surface area contributed by atoms with Crippen LogP contribution in [0.3, 0.4) is 0 Å². The van der Waals surface area contributed by atoms with Gasteiger partial charge in [0.05, 0.1) is 33.0 Å². The molecule has 0 bridgehead atoms. The quantitative estimate of drug-likeness (QED) is 0.0474. The molecule has 2 N–H and O–H groups in total. The van der Waals surface area contributed by atoms with E-state index in [1.165, 1.54) is 11.9 Å². The molecule has 0 radical (unpaired) electrons. The van der Waals surface area contributed by atoms with Crippen LogP contribution in [0.4, 0.5) is 9.59 Å². The number of nitrogens with two attached hydrogens (primary N) is 1. The summed E-state index contributed by atoms with van der Waals surface area (Å²) in [5.41, 5.74) is 5.90. The Labute approximate surface area is 231 Å². The first kappa shape index (κ1) is 36.4. The first-order valence-electron chi connectivity index (χ1n) is 13.4. The number of carbonyl (C=O) groups is 3. The Balaban J connectivity index is 4.91. The molecule has 0 aromatic carbocycles. The summed E-state index contributed by atoms with van der Waals surface area (Å²) < 4.78 is 52.2. The van der Waals surface area contributed by atoms with Crippen molar-refractivity contribution in [2.24, 2.45) is 10.5 Å². The number of guanidine groups is 1. The Morgan fingerprint density at radius 2 is 1.10 bits per heavy atom. The molecule has 0 aliphatic carbocycles. The molecule has 39 heavy (non-hydrogen) atoms. The third-order valence-corrected chi connectivity index (χ3v) is 6.26. The van der Waals surface area contributed by atoms with Crippen molar-refractivity contribution in [3.05, 3.63) is 0 Å². The Bertz CT molecular complexity index is 732. The maximum Gasteiger partial charge on any atom is 0.508 e. The van der Waals surface area contributed by atoms with Crippen LogP contribution in [0.2, 0.25) is 0 Å². The predicted molar refractivity (Wildman–Crippen MR) is 143 cm³/mol. The first-order valence-corrected chi connectivity index (χ1v) is 14.9. The number of ether oxygens (including phenoxy) is 5. The molecular formula is C24H46N3O11P. The van der Waals surface area contributed by atoms with E-state index < -0.39 is 26.0 Å². The minimum absolute atomic E-state index is 0.226. The third-order valence-electron chi connectivity index (χ3n) is 4.79. The lowest BCUT2D eigenvalue weighted by Gasteiger charge is -2.20. The number of nitrogens with zero attached hydrogens (tertiary/aromatic N) is 2. The molecule has 0 aliphatic rings. The van der Waals surface area contributed by atoms with E-state index in [9.17, 15) is 18.9 Å². The highest BCUT2D eigenvalue weighted by atomic mass is 31.2. The monoisotopic (exact) mass is 583 g/mol. The van der Waals surface area contributed by atoms with Crippen molar-refractivity contribution in [3.63, 3.8) is 0 Å². The molecule has 0 aromatic heterocycles. The molecule has 0 saturated heterocycles. The highest BCUT2D eigenvalue weighted by Gasteiger charge is 2.27. The maximum absolute atomic E-state index is 13.2. The van der Waals surface area contributed by atoms with Gasteiger partial charge in [-0.05, 0) is 19.3 Å². The van der Waals surface area contributed by atoms with Crippen LogP contribution in [-0.4, -0.2) is 89.0 Å². The number of esters is 1. The highest BCUT2D eigenvalue weighted by molar-refractivity contribution is 7.52. The van der Waals surface area contributed by atoms with Gasteiger partial charge < -0.3 is 34.3 Å². The second kappa shape index (κ2) is 23.3. The summed E-state index contributed by atoms with van der Waals surface area (Å²) in [5, 5.41) is 0. The fraction of sp³-hybridized carbons (Fsp3) is 0.833. The third kappa shape index (κ3) is 21.0. The molecule has 0 aliphatic heterocycles. The number of hydrogen-bond donors (Lipinski definition) is 1. The van der Waals surface area contributed by atoms with Gasteiger partial charge in [0.15, 0.2) is 0 Å². The molecule has 0 spiro atoms. The minimum atomic E-state index is -4.27. The van der Waals surface area contributed by atoms with Gasteiger partial charge in [-0.25, -0.2) is 14.2 Å². The van der Waals surface area contributed by atoms with E-state index in [1.807, 2.05) is 20.8 Å². The van der Waals surface area contributed by atoms with Crippen LogP contribution in [0.25, 0.3) is 0 Å². The van der Waals surface area contributed by atoms with E-state index in [-0.39, 0.29) is 58.8 Å². The molecule has 0 fully saturated rings. The van der Waals surface area contributed by atoms with E-state index in [2.05, 4.69) is 4.76 Å². The molecule has 14 nitrogen and oxygen atoms in total. The molecule has 0 unspecified atom stereocenters. The number of likely N-dealkylation sites (N-methyl/N-ethyl adjacent to an activating group) is 1. The normalized spacial score (nSPS) is 11.5. The van der Waals surface area contributed by atoms with Crippen LogP contribution in [0.15, 0.2) is 4.76 Å². The van der Waals surface area contributed by atoms with Crippen LogP contribution in [0, 0.1) is 0 Å². The predicted octanol–water partition coefficient (Wildman–Crippen LogP) is 4.40. The summed E-state index contributed by atoms with van der Waals surface area (Å²) >= 11 is 0. The van der Waals surface area contributed by atoms with Crippen LogP contribution in [0.5, 0.6) is 0 Å². The molecular weight excluding hydrogens is 537 g/mol. The van der Waals surface area contributed by atoms with Gasteiger partial charge in [0.2, 0.25) is 5.96 Å². The topological polar surface area (TPSA) is 175 Å². The summed E-state index contributed by atoms with van der Waals surface area (Å²) in [7, 11) is -2.83. The number of unbranched alkanes of at least 4 members (excludes halogenated alkanes) is 5. The van der Waals surface area contributed by atoms with Crippen LogP contribution >= 0.6 is 7.75 Å². The van der Waals surface area contributed by atoms with E-state index in [0.29, 0.717) is 12.8 Å². The van der Waals surface area contributed by atoms with Crippen molar-refractivity contribution in [3.8, 4) is 0 Å². The highest BCUT2D eigenvalue weighted by Crippen LogP contribution is 2.49. The summed E-state index contributed by atoms with van der Waals surface area (Å²) in [6.07, 6.45) is 5.03. The molecule has 15 heteroatoms. The lowest BCUT2D eigenvalue weighted by molar-refractivity contribution is -0.143. The first-order chi connectivity index (χ1) is 18.7. The van der Waals surface area contributed by atoms with Crippen LogP contribution in [0.1, 0.15) is 72.1 Å². The van der Waals surface area contributed by atoms with Crippen molar-refractivity contribution in [2.75, 3.05) is 59.8 Å². The molecule has 0 rings (SSSR count). The zero-order valence-electron chi connectivity index (χ0n) is 23.7. The van der Waals surface area contributed by atoms with Crippen LogP contribution in [-0.2, 0) is 42.1 Å². The largest absolute Gasteiger partial charge is 0.508 e. The van der Waals surface area contributed by atoms with Crippen molar-refractivity contribution < 1.29 is 51.7 Å². The number of carbonyl (C=O) groups excluding carboxylic acids is 3. The summed E-state index contributed by atoms with van der Waals surface area (Å²) in [6.45, 7) is 5.17. The zero-order valence-corrected chi connectivity index (χ0v) is 24.6. The molecule has 0 amide bonds. The summed E-state index contributed by atoms with van der Waals surface area (Å²) in [4.78, 5) is 36.4. The Hall–Kier alpha value is -2.57. The van der Waals surface area contributed by atoms with E-state index in [1.54, 1.807) is 0 Å². The Morgan fingerprint density at radius 1 is 0.667 bits per heavy atom. The average Bonchev–Trinajstić information content (AvgIpc) is 2.90. The maximum atomic E-state index is 13.2. The van der Waals surface area contributed by atoms with Gasteiger partial charge in [0.1, 0.15) is 19.8 Å². The van der Waals surface area contributed by atoms with E-state index in [0.717, 1.165) is 38.5 Å². The van der Waals surface area contributed by atoms with Gasteiger partial charge in [0.25, 0.3) is 0 Å². The van der Waals surface area contributed by atoms with Crippen molar-refractivity contribution in [1.29, 1.82) is 0 Å². The van der Waals surface area contributed by atoms with Gasteiger partial charge in [-0.3, -0.25) is 13.8 Å². The fourth-order valence-corrected chi connectivity index (χ4v) is 3.81. The number of rotatable bonds is 22. The van der Waals surface area contributed by atoms with Crippen molar-refractivity contribution in [2.45, 2.75) is 72.1 Å². The smallest absolute Gasteiger partial charge is 0.464 e. The van der Waals surface area contributed by atoms with Gasteiger partial charge in [-0.15, -0.1) is 4.76 Å². The molecule has 228 valence electrons. The van der Waals surface area contributed by atoms with Gasteiger partial charge in [-0.2, -0.15) is 0 Å². The molecule has 0 atom stereocenters. The van der Waals surface area contributed by atoms with Crippen molar-refractivity contribution in [1.82, 2.24) is 4.90 Å². The fourth-order valence-electron chi connectivity index (χ4n) is 2.60. The second-order valence-corrected chi connectivity index (χ2v) is 9.98. The molecule has 0 aromatic rings. The summed E-state index contributed by atoms with van der Waals surface area (Å²) in [5.74, 6) is -0.865. The standard InChI is InChI=1S/C24H46N3O11P/c1-5-8-11-14-33-23(29)35-16-18-37-39(31,38-19-17-36-24(30)34-15-12-9-6-2)26-22(25)27(4)20-21(28)32-13-10-7-3/h5-20H2,1-4H3,(H2,25,26,31). The van der Waals surface area contributed by atoms with Gasteiger partial charge in [0, 0.05) is 7.05 Å². The Kier molecular flexibility index (Phi) is 21.8. The molecule has 0 heterocycles. The lowest BCUT2D eigenvalue weighted by Crippen LogP contribution is -2.38. The minimum Gasteiger partial charge on any atom is -0.464 e. The van der Waals surface area contributed by atoms with Gasteiger partial charge in [-0.1, -0.05) is 52.9 Å². The zero-order chi connectivity index (χ0) is 29.4. The molecule has 0 saturated carbocycles. The summed E-state index contributed by atoms with van der Waals surface area (Å²) in [6, 6.07) is 0. The second-order valence-electron chi connectivity index (χ2n) is 8.33. The van der Waals surface area contributed by atoms with E-state index in [4.69, 9.17) is 38.5 Å². The number of hydrogen-bond acceptors (Lipinski definition) is 11. The van der Waals surface area contributed by atoms with E-state index >= 15 is 0 Å². The van der Waals surface area contributed by atoms with Crippen molar-refractivity contribution >= 4 is 32.0 Å². The van der Waals surface area contributed by atoms with Crippen LogP contribution < -0.4 is 5.73 Å². The Morgan fingerprint density at radius 3 is 1.56 bits per heavy atom. The SMILES string of the molecule is CCCCCOC(=O)OCCOP(=O)(/N=C(\N)N(C)CC(=O)OCCCC)OCCOC(=O)OCCCCC. The average molecular weight is 584 g/mol.